The number of pyridine rings is 1. The number of ether oxygens (including phenoxy) is 2. The molecule has 0 fully saturated rings. The molecule has 1 aromatic rings. The molecule has 1 aliphatic heterocycles. The zero-order valence-corrected chi connectivity index (χ0v) is 12.7. The number of carbonyl (C=O) groups is 1. The molecule has 0 bridgehead atoms. The number of aromatic nitrogens is 1. The molecule has 0 atom stereocenters. The summed E-state index contributed by atoms with van der Waals surface area (Å²) >= 11 is 3.27. The van der Waals surface area contributed by atoms with Gasteiger partial charge in [0.1, 0.15) is 0 Å². The smallest absolute Gasteiger partial charge is 0.334 e. The molecule has 0 spiro atoms. The van der Waals surface area contributed by atoms with Crippen LogP contribution in [0.3, 0.4) is 0 Å². The van der Waals surface area contributed by atoms with Gasteiger partial charge >= 0.3 is 5.97 Å². The minimum Gasteiger partial charge on any atom is -0.463 e. The number of rotatable bonds is 3. The summed E-state index contributed by atoms with van der Waals surface area (Å²) in [4.78, 5) is 15.7. The molecule has 0 amide bonds. The van der Waals surface area contributed by atoms with E-state index in [0.29, 0.717) is 47.2 Å². The van der Waals surface area contributed by atoms with E-state index in [-0.39, 0.29) is 6.61 Å². The van der Waals surface area contributed by atoms with Crippen LogP contribution in [0.1, 0.15) is 25.3 Å². The molecule has 1 aliphatic rings. The molecule has 1 aromatic heterocycles. The molecule has 20 heavy (non-hydrogen) atoms. The summed E-state index contributed by atoms with van der Waals surface area (Å²) in [6.07, 6.45) is 2.26. The van der Waals surface area contributed by atoms with E-state index in [9.17, 15) is 9.18 Å². The normalized spacial score (nSPS) is 15.9. The lowest BCUT2D eigenvalue weighted by molar-refractivity contribution is -0.138. The molecule has 2 heterocycles. The predicted molar refractivity (Wildman–Crippen MR) is 75.5 cm³/mol. The van der Waals surface area contributed by atoms with E-state index in [0.717, 1.165) is 0 Å². The average Bonchev–Trinajstić information content (AvgIpc) is 2.67. The van der Waals surface area contributed by atoms with Crippen molar-refractivity contribution in [2.45, 2.75) is 19.8 Å². The molecule has 108 valence electrons. The maximum Gasteiger partial charge on any atom is 0.334 e. The summed E-state index contributed by atoms with van der Waals surface area (Å²) in [5.41, 5.74) is 1.42. The third-order valence-electron chi connectivity index (χ3n) is 3.01. The lowest BCUT2D eigenvalue weighted by Crippen LogP contribution is -2.11. The number of halogens is 2. The van der Waals surface area contributed by atoms with E-state index in [2.05, 4.69) is 20.9 Å². The van der Waals surface area contributed by atoms with E-state index >= 15 is 0 Å². The van der Waals surface area contributed by atoms with Gasteiger partial charge in [0.15, 0.2) is 0 Å². The van der Waals surface area contributed by atoms with Crippen molar-refractivity contribution in [1.29, 1.82) is 0 Å². The van der Waals surface area contributed by atoms with Crippen molar-refractivity contribution in [3.05, 3.63) is 33.8 Å². The highest BCUT2D eigenvalue weighted by molar-refractivity contribution is 9.10. The lowest BCUT2D eigenvalue weighted by atomic mass is 9.97. The quantitative estimate of drug-likeness (QED) is 0.625. The molecule has 0 N–H and O–H groups in total. The maximum absolute atomic E-state index is 14.0. The summed E-state index contributed by atoms with van der Waals surface area (Å²) in [5, 5.41) is 0. The van der Waals surface area contributed by atoms with Crippen LogP contribution in [0.25, 0.3) is 5.57 Å². The van der Waals surface area contributed by atoms with Crippen LogP contribution in [0.2, 0.25) is 0 Å². The molecule has 0 radical (unpaired) electrons. The molecule has 0 saturated heterocycles. The molecule has 0 aromatic carbocycles. The standard InChI is InChI=1S/C14H15BrFNO3/c1-2-20-14(18)11-4-6-19-5-3-10(11)12-7-9(15)8-17-13(12)16/h7-8H,2-6H2,1H3. The van der Waals surface area contributed by atoms with Crippen molar-refractivity contribution in [3.8, 4) is 0 Å². The lowest BCUT2D eigenvalue weighted by Gasteiger charge is -2.12. The van der Waals surface area contributed by atoms with Gasteiger partial charge in [-0.1, -0.05) is 0 Å². The summed E-state index contributed by atoms with van der Waals surface area (Å²) in [6, 6.07) is 1.63. The van der Waals surface area contributed by atoms with Crippen LogP contribution >= 0.6 is 15.9 Å². The fourth-order valence-electron chi connectivity index (χ4n) is 2.13. The highest BCUT2D eigenvalue weighted by Gasteiger charge is 2.23. The largest absolute Gasteiger partial charge is 0.463 e. The van der Waals surface area contributed by atoms with Crippen molar-refractivity contribution in [3.63, 3.8) is 0 Å². The molecule has 4 nitrogen and oxygen atoms in total. The molecule has 2 rings (SSSR count). The van der Waals surface area contributed by atoms with Crippen molar-refractivity contribution in [2.75, 3.05) is 19.8 Å². The summed E-state index contributed by atoms with van der Waals surface area (Å²) in [6.45, 7) is 2.91. The number of hydrogen-bond acceptors (Lipinski definition) is 4. The van der Waals surface area contributed by atoms with Gasteiger partial charge in [0, 0.05) is 28.2 Å². The Kier molecular flexibility index (Phi) is 5.25. The first kappa shape index (κ1) is 15.1. The van der Waals surface area contributed by atoms with Crippen LogP contribution in [0.4, 0.5) is 4.39 Å². The number of carbonyl (C=O) groups excluding carboxylic acids is 1. The molecule has 0 saturated carbocycles. The zero-order chi connectivity index (χ0) is 14.5. The van der Waals surface area contributed by atoms with Crippen molar-refractivity contribution in [1.82, 2.24) is 4.98 Å². The first-order valence-electron chi connectivity index (χ1n) is 6.41. The second-order valence-corrected chi connectivity index (χ2v) is 5.20. The summed E-state index contributed by atoms with van der Waals surface area (Å²) in [7, 11) is 0. The molecular formula is C14H15BrFNO3. The van der Waals surface area contributed by atoms with Gasteiger partial charge in [-0.05, 0) is 40.9 Å². The van der Waals surface area contributed by atoms with Crippen molar-refractivity contribution < 1.29 is 18.7 Å². The van der Waals surface area contributed by atoms with Crippen molar-refractivity contribution >= 4 is 27.5 Å². The highest BCUT2D eigenvalue weighted by atomic mass is 79.9. The van der Waals surface area contributed by atoms with Gasteiger partial charge in [-0.2, -0.15) is 4.39 Å². The van der Waals surface area contributed by atoms with Crippen LogP contribution in [-0.2, 0) is 14.3 Å². The van der Waals surface area contributed by atoms with Crippen LogP contribution < -0.4 is 0 Å². The van der Waals surface area contributed by atoms with E-state index in [1.807, 2.05) is 0 Å². The van der Waals surface area contributed by atoms with E-state index in [1.165, 1.54) is 6.20 Å². The maximum atomic E-state index is 14.0. The van der Waals surface area contributed by atoms with Gasteiger partial charge in [0.2, 0.25) is 5.95 Å². The van der Waals surface area contributed by atoms with Crippen LogP contribution in [-0.4, -0.2) is 30.8 Å². The van der Waals surface area contributed by atoms with Gasteiger partial charge < -0.3 is 9.47 Å². The molecule has 0 aliphatic carbocycles. The van der Waals surface area contributed by atoms with Crippen LogP contribution in [0.15, 0.2) is 22.3 Å². The predicted octanol–water partition coefficient (Wildman–Crippen LogP) is 3.11. The van der Waals surface area contributed by atoms with Gasteiger partial charge in [-0.15, -0.1) is 0 Å². The molecule has 6 heteroatoms. The first-order valence-corrected chi connectivity index (χ1v) is 7.21. The molecular weight excluding hydrogens is 329 g/mol. The minimum atomic E-state index is -0.591. The zero-order valence-electron chi connectivity index (χ0n) is 11.1. The Hall–Kier alpha value is -1.27. The SMILES string of the molecule is CCOC(=O)C1=C(c2cc(Br)cnc2F)CCOCC1. The minimum absolute atomic E-state index is 0.287. The fraction of sp³-hybridized carbons (Fsp3) is 0.429. The third-order valence-corrected chi connectivity index (χ3v) is 3.44. The summed E-state index contributed by atoms with van der Waals surface area (Å²) in [5.74, 6) is -1.00. The molecule has 0 unspecified atom stereocenters. The first-order chi connectivity index (χ1) is 9.63. The number of hydrogen-bond donors (Lipinski definition) is 0. The van der Waals surface area contributed by atoms with Gasteiger partial charge in [0.05, 0.1) is 19.8 Å². The van der Waals surface area contributed by atoms with Gasteiger partial charge in [-0.25, -0.2) is 9.78 Å². The average molecular weight is 344 g/mol. The number of nitrogens with zero attached hydrogens (tertiary/aromatic N) is 1. The second-order valence-electron chi connectivity index (χ2n) is 4.28. The Balaban J connectivity index is 2.50. The fourth-order valence-corrected chi connectivity index (χ4v) is 2.46. The number of esters is 1. The van der Waals surface area contributed by atoms with Crippen LogP contribution in [0, 0.1) is 5.95 Å². The Morgan fingerprint density at radius 1 is 1.50 bits per heavy atom. The monoisotopic (exact) mass is 343 g/mol. The van der Waals surface area contributed by atoms with E-state index in [4.69, 9.17) is 9.47 Å². The van der Waals surface area contributed by atoms with E-state index < -0.39 is 11.9 Å². The Morgan fingerprint density at radius 2 is 2.25 bits per heavy atom. The van der Waals surface area contributed by atoms with Gasteiger partial charge in [0.25, 0.3) is 0 Å². The highest BCUT2D eigenvalue weighted by Crippen LogP contribution is 2.30. The second kappa shape index (κ2) is 6.95. The summed E-state index contributed by atoms with van der Waals surface area (Å²) < 4.78 is 25.0. The van der Waals surface area contributed by atoms with E-state index in [1.54, 1.807) is 13.0 Å². The Morgan fingerprint density at radius 3 is 3.00 bits per heavy atom. The van der Waals surface area contributed by atoms with Crippen molar-refractivity contribution in [2.24, 2.45) is 0 Å². The Bertz CT molecular complexity index is 545. The Labute approximate surface area is 125 Å². The third kappa shape index (κ3) is 3.43. The van der Waals surface area contributed by atoms with Gasteiger partial charge in [-0.3, -0.25) is 0 Å². The topological polar surface area (TPSA) is 48.4 Å². The van der Waals surface area contributed by atoms with Crippen LogP contribution in [0.5, 0.6) is 0 Å².